The number of aliphatic hydroxyl groups is 1. The third kappa shape index (κ3) is 1.37. The van der Waals surface area contributed by atoms with Gasteiger partial charge in [0, 0.05) is 18.6 Å². The van der Waals surface area contributed by atoms with E-state index in [4.69, 9.17) is 15.6 Å². The molecule has 3 nitrogen and oxygen atoms in total. The lowest BCUT2D eigenvalue weighted by atomic mass is 9.83. The number of rotatable bonds is 3. The summed E-state index contributed by atoms with van der Waals surface area (Å²) in [5.74, 6) is 0.510. The summed E-state index contributed by atoms with van der Waals surface area (Å²) in [5.41, 5.74) is 5.94. The highest BCUT2D eigenvalue weighted by molar-refractivity contribution is 4.93. The quantitative estimate of drug-likeness (QED) is 0.640. The van der Waals surface area contributed by atoms with Gasteiger partial charge in [-0.15, -0.1) is 0 Å². The second kappa shape index (κ2) is 3.32. The van der Waals surface area contributed by atoms with Crippen molar-refractivity contribution in [3.8, 4) is 0 Å². The van der Waals surface area contributed by atoms with Crippen molar-refractivity contribution in [2.75, 3.05) is 6.61 Å². The Balaban J connectivity index is 1.89. The van der Waals surface area contributed by atoms with Gasteiger partial charge in [0.2, 0.25) is 0 Å². The Bertz CT molecular complexity index is 163. The standard InChI is InChI=1S/C9H17NO2/c10-8(3-4-11)7-5-6-1-2-9(7)12-6/h6-9,11H,1-5,10H2. The summed E-state index contributed by atoms with van der Waals surface area (Å²) < 4.78 is 5.69. The lowest BCUT2D eigenvalue weighted by molar-refractivity contribution is 0.0865. The Morgan fingerprint density at radius 1 is 1.50 bits per heavy atom. The zero-order valence-corrected chi connectivity index (χ0v) is 7.28. The molecule has 0 aromatic carbocycles. The molecule has 2 rings (SSSR count). The SMILES string of the molecule is NC(CCO)C1CC2CCC1O2. The Labute approximate surface area is 72.9 Å². The molecule has 2 saturated heterocycles. The van der Waals surface area contributed by atoms with Crippen molar-refractivity contribution in [2.45, 2.75) is 43.9 Å². The van der Waals surface area contributed by atoms with Crippen LogP contribution in [0.15, 0.2) is 0 Å². The van der Waals surface area contributed by atoms with Crippen molar-refractivity contribution in [2.24, 2.45) is 11.7 Å². The molecular weight excluding hydrogens is 154 g/mol. The smallest absolute Gasteiger partial charge is 0.0623 e. The van der Waals surface area contributed by atoms with Crippen molar-refractivity contribution < 1.29 is 9.84 Å². The van der Waals surface area contributed by atoms with E-state index in [2.05, 4.69) is 0 Å². The fraction of sp³-hybridized carbons (Fsp3) is 1.00. The molecule has 70 valence electrons. The Hall–Kier alpha value is -0.120. The molecule has 0 aromatic heterocycles. The number of hydrogen-bond donors (Lipinski definition) is 2. The van der Waals surface area contributed by atoms with Crippen LogP contribution < -0.4 is 5.73 Å². The summed E-state index contributed by atoms with van der Waals surface area (Å²) in [6.07, 6.45) is 5.10. The molecule has 0 amide bonds. The van der Waals surface area contributed by atoms with Crippen molar-refractivity contribution in [3.63, 3.8) is 0 Å². The summed E-state index contributed by atoms with van der Waals surface area (Å²) in [6, 6.07) is 0.144. The first kappa shape index (κ1) is 8.48. The average Bonchev–Trinajstić information content (AvgIpc) is 2.64. The van der Waals surface area contributed by atoms with E-state index in [1.165, 1.54) is 12.8 Å². The van der Waals surface area contributed by atoms with Gasteiger partial charge in [0.15, 0.2) is 0 Å². The van der Waals surface area contributed by atoms with Crippen LogP contribution in [0.4, 0.5) is 0 Å². The van der Waals surface area contributed by atoms with E-state index in [0.29, 0.717) is 18.1 Å². The van der Waals surface area contributed by atoms with E-state index in [1.54, 1.807) is 0 Å². The molecule has 0 saturated carbocycles. The van der Waals surface area contributed by atoms with Gasteiger partial charge in [-0.05, 0) is 25.7 Å². The lowest BCUT2D eigenvalue weighted by Gasteiger charge is -2.24. The van der Waals surface area contributed by atoms with Gasteiger partial charge in [0.25, 0.3) is 0 Å². The van der Waals surface area contributed by atoms with E-state index in [1.807, 2.05) is 0 Å². The Morgan fingerprint density at radius 3 is 2.83 bits per heavy atom. The van der Waals surface area contributed by atoms with E-state index < -0.39 is 0 Å². The number of ether oxygens (including phenoxy) is 1. The highest BCUT2D eigenvalue weighted by Crippen LogP contribution is 2.40. The van der Waals surface area contributed by atoms with E-state index >= 15 is 0 Å². The molecule has 2 bridgehead atoms. The predicted octanol–water partition coefficient (Wildman–Crippen LogP) is 0.264. The van der Waals surface area contributed by atoms with Gasteiger partial charge >= 0.3 is 0 Å². The molecule has 0 aliphatic carbocycles. The van der Waals surface area contributed by atoms with Crippen LogP contribution in [0.5, 0.6) is 0 Å². The number of hydrogen-bond acceptors (Lipinski definition) is 3. The normalized spacial score (nSPS) is 42.0. The zero-order chi connectivity index (χ0) is 8.55. The molecule has 12 heavy (non-hydrogen) atoms. The van der Waals surface area contributed by atoms with Gasteiger partial charge in [0.05, 0.1) is 12.2 Å². The number of aliphatic hydroxyl groups excluding tert-OH is 1. The maximum absolute atomic E-state index is 8.75. The average molecular weight is 171 g/mol. The first-order valence-corrected chi connectivity index (χ1v) is 4.83. The van der Waals surface area contributed by atoms with Gasteiger partial charge in [-0.25, -0.2) is 0 Å². The molecular formula is C9H17NO2. The monoisotopic (exact) mass is 171 g/mol. The van der Waals surface area contributed by atoms with E-state index in [0.717, 1.165) is 12.8 Å². The summed E-state index contributed by atoms with van der Waals surface area (Å²) >= 11 is 0. The minimum absolute atomic E-state index is 0.144. The molecule has 2 heterocycles. The largest absolute Gasteiger partial charge is 0.396 e. The molecule has 3 heteroatoms. The van der Waals surface area contributed by atoms with Gasteiger partial charge in [-0.2, -0.15) is 0 Å². The Morgan fingerprint density at radius 2 is 2.33 bits per heavy atom. The predicted molar refractivity (Wildman–Crippen MR) is 45.7 cm³/mol. The van der Waals surface area contributed by atoms with E-state index in [9.17, 15) is 0 Å². The molecule has 0 radical (unpaired) electrons. The number of fused-ring (bicyclic) bond motifs is 2. The maximum atomic E-state index is 8.75. The fourth-order valence-electron chi connectivity index (χ4n) is 2.49. The zero-order valence-electron chi connectivity index (χ0n) is 7.28. The highest BCUT2D eigenvalue weighted by atomic mass is 16.5. The van der Waals surface area contributed by atoms with Crippen LogP contribution >= 0.6 is 0 Å². The second-order valence-corrected chi connectivity index (χ2v) is 3.95. The van der Waals surface area contributed by atoms with Crippen LogP contribution in [-0.4, -0.2) is 30.0 Å². The van der Waals surface area contributed by atoms with Crippen molar-refractivity contribution >= 4 is 0 Å². The van der Waals surface area contributed by atoms with Crippen LogP contribution in [-0.2, 0) is 4.74 Å². The first-order valence-electron chi connectivity index (χ1n) is 4.83. The number of nitrogens with two attached hydrogens (primary N) is 1. The molecule has 0 aromatic rings. The minimum Gasteiger partial charge on any atom is -0.396 e. The molecule has 2 fully saturated rings. The first-order chi connectivity index (χ1) is 5.81. The van der Waals surface area contributed by atoms with Gasteiger partial charge in [0.1, 0.15) is 0 Å². The molecule has 4 unspecified atom stereocenters. The molecule has 3 N–H and O–H groups in total. The maximum Gasteiger partial charge on any atom is 0.0623 e. The molecule has 0 spiro atoms. The summed E-state index contributed by atoms with van der Waals surface area (Å²) in [7, 11) is 0. The van der Waals surface area contributed by atoms with Gasteiger partial charge in [-0.1, -0.05) is 0 Å². The van der Waals surface area contributed by atoms with Gasteiger partial charge in [-0.3, -0.25) is 0 Å². The Kier molecular flexibility index (Phi) is 2.35. The van der Waals surface area contributed by atoms with Gasteiger partial charge < -0.3 is 15.6 Å². The molecule has 2 aliphatic rings. The molecule has 2 aliphatic heterocycles. The molecule has 4 atom stereocenters. The fourth-order valence-corrected chi connectivity index (χ4v) is 2.49. The lowest BCUT2D eigenvalue weighted by Crippen LogP contribution is -2.36. The minimum atomic E-state index is 0.144. The summed E-state index contributed by atoms with van der Waals surface area (Å²) in [4.78, 5) is 0. The van der Waals surface area contributed by atoms with Crippen molar-refractivity contribution in [3.05, 3.63) is 0 Å². The van der Waals surface area contributed by atoms with Crippen molar-refractivity contribution in [1.82, 2.24) is 0 Å². The van der Waals surface area contributed by atoms with Crippen LogP contribution in [0.1, 0.15) is 25.7 Å². The third-order valence-corrected chi connectivity index (χ3v) is 3.17. The van der Waals surface area contributed by atoms with Crippen LogP contribution in [0.2, 0.25) is 0 Å². The second-order valence-electron chi connectivity index (χ2n) is 3.95. The van der Waals surface area contributed by atoms with Crippen LogP contribution in [0.3, 0.4) is 0 Å². The highest BCUT2D eigenvalue weighted by Gasteiger charge is 2.42. The van der Waals surface area contributed by atoms with Crippen LogP contribution in [0, 0.1) is 5.92 Å². The third-order valence-electron chi connectivity index (χ3n) is 3.17. The summed E-state index contributed by atoms with van der Waals surface area (Å²) in [5, 5.41) is 8.75. The topological polar surface area (TPSA) is 55.5 Å². The van der Waals surface area contributed by atoms with Crippen molar-refractivity contribution in [1.29, 1.82) is 0 Å². The summed E-state index contributed by atoms with van der Waals surface area (Å²) in [6.45, 7) is 0.203. The van der Waals surface area contributed by atoms with E-state index in [-0.39, 0.29) is 12.6 Å². The van der Waals surface area contributed by atoms with Crippen LogP contribution in [0.25, 0.3) is 0 Å².